The number of sulfonamides is 1. The molecule has 8 nitrogen and oxygen atoms in total. The predicted octanol–water partition coefficient (Wildman–Crippen LogP) is 1.24. The minimum atomic E-state index is -3.64. The summed E-state index contributed by atoms with van der Waals surface area (Å²) in [5, 5.41) is 13.3. The zero-order chi connectivity index (χ0) is 19.7. The summed E-state index contributed by atoms with van der Waals surface area (Å²) < 4.78 is 28.9. The van der Waals surface area contributed by atoms with E-state index in [4.69, 9.17) is 5.26 Å². The lowest BCUT2D eigenvalue weighted by Crippen LogP contribution is -2.50. The molecular formula is C19H21N5O3S. The molecule has 0 saturated carbocycles. The fraction of sp³-hybridized carbons (Fsp3) is 0.421. The van der Waals surface area contributed by atoms with Crippen LogP contribution in [-0.2, 0) is 23.0 Å². The molecule has 1 amide bonds. The van der Waals surface area contributed by atoms with E-state index in [1.807, 2.05) is 16.8 Å². The van der Waals surface area contributed by atoms with Crippen molar-refractivity contribution in [2.75, 3.05) is 26.2 Å². The van der Waals surface area contributed by atoms with Crippen molar-refractivity contribution >= 4 is 15.9 Å². The van der Waals surface area contributed by atoms with Crippen LogP contribution in [0.3, 0.4) is 0 Å². The number of fused-ring (bicyclic) bond motifs is 1. The molecule has 1 aromatic carbocycles. The van der Waals surface area contributed by atoms with Gasteiger partial charge in [0.1, 0.15) is 0 Å². The fourth-order valence-corrected chi connectivity index (χ4v) is 5.09. The molecule has 2 aliphatic rings. The van der Waals surface area contributed by atoms with Gasteiger partial charge in [-0.3, -0.25) is 9.48 Å². The van der Waals surface area contributed by atoms with E-state index < -0.39 is 10.0 Å². The topological polar surface area (TPSA) is 99.3 Å². The first-order chi connectivity index (χ1) is 13.5. The van der Waals surface area contributed by atoms with Gasteiger partial charge in [0.05, 0.1) is 16.5 Å². The van der Waals surface area contributed by atoms with Gasteiger partial charge in [0.15, 0.2) is 5.69 Å². The van der Waals surface area contributed by atoms with Crippen molar-refractivity contribution in [3.63, 3.8) is 0 Å². The Bertz CT molecular complexity index is 1010. The molecule has 0 radical (unpaired) electrons. The molecule has 2 aromatic rings. The van der Waals surface area contributed by atoms with Gasteiger partial charge in [-0.25, -0.2) is 8.42 Å². The molecular weight excluding hydrogens is 378 g/mol. The third-order valence-electron chi connectivity index (χ3n) is 5.28. The Morgan fingerprint density at radius 2 is 1.75 bits per heavy atom. The number of hydrogen-bond donors (Lipinski definition) is 0. The number of aromatic nitrogens is 2. The molecule has 1 aromatic heterocycles. The van der Waals surface area contributed by atoms with Crippen LogP contribution in [0, 0.1) is 11.3 Å². The lowest BCUT2D eigenvalue weighted by Gasteiger charge is -2.33. The molecule has 146 valence electrons. The van der Waals surface area contributed by atoms with Gasteiger partial charge in [-0.1, -0.05) is 0 Å². The highest BCUT2D eigenvalue weighted by atomic mass is 32.2. The second-order valence-corrected chi connectivity index (χ2v) is 8.97. The van der Waals surface area contributed by atoms with E-state index >= 15 is 0 Å². The number of piperazine rings is 1. The van der Waals surface area contributed by atoms with Crippen molar-refractivity contribution < 1.29 is 13.2 Å². The zero-order valence-corrected chi connectivity index (χ0v) is 16.2. The summed E-state index contributed by atoms with van der Waals surface area (Å²) in [6, 6.07) is 9.72. The molecule has 4 rings (SSSR count). The Kier molecular flexibility index (Phi) is 4.91. The van der Waals surface area contributed by atoms with Crippen molar-refractivity contribution in [2.24, 2.45) is 0 Å². The first kappa shape index (κ1) is 18.7. The monoisotopic (exact) mass is 399 g/mol. The van der Waals surface area contributed by atoms with Crippen LogP contribution < -0.4 is 0 Å². The Labute approximate surface area is 164 Å². The number of hydrogen-bond acceptors (Lipinski definition) is 5. The standard InChI is InChI=1S/C19H21N5O3S/c20-14-15-4-6-17(7-5-15)28(26,27)23-11-9-22(10-12-23)19(25)18-13-16-3-1-2-8-24(16)21-18/h4-7,13H,1-3,8-12H2. The van der Waals surface area contributed by atoms with Gasteiger partial charge in [-0.15, -0.1) is 0 Å². The van der Waals surface area contributed by atoms with Gasteiger partial charge in [-0.2, -0.15) is 14.7 Å². The number of amides is 1. The minimum absolute atomic E-state index is 0.141. The predicted molar refractivity (Wildman–Crippen MR) is 101 cm³/mol. The van der Waals surface area contributed by atoms with Gasteiger partial charge in [-0.05, 0) is 49.6 Å². The van der Waals surface area contributed by atoms with E-state index in [1.165, 1.54) is 28.6 Å². The van der Waals surface area contributed by atoms with Crippen molar-refractivity contribution in [3.8, 4) is 6.07 Å². The maximum Gasteiger partial charge on any atom is 0.274 e. The third kappa shape index (κ3) is 3.41. The highest BCUT2D eigenvalue weighted by Crippen LogP contribution is 2.20. The number of rotatable bonds is 3. The average molecular weight is 399 g/mol. The summed E-state index contributed by atoms with van der Waals surface area (Å²) in [5.74, 6) is -0.141. The summed E-state index contributed by atoms with van der Waals surface area (Å²) in [5.41, 5.74) is 1.95. The molecule has 0 aliphatic carbocycles. The van der Waals surface area contributed by atoms with Crippen LogP contribution in [0.5, 0.6) is 0 Å². The molecule has 0 spiro atoms. The molecule has 0 bridgehead atoms. The van der Waals surface area contributed by atoms with Crippen LogP contribution in [0.4, 0.5) is 0 Å². The molecule has 0 atom stereocenters. The number of nitriles is 1. The van der Waals surface area contributed by atoms with E-state index in [0.717, 1.165) is 31.5 Å². The second kappa shape index (κ2) is 7.37. The number of benzene rings is 1. The van der Waals surface area contributed by atoms with Crippen LogP contribution in [0.15, 0.2) is 35.2 Å². The fourth-order valence-electron chi connectivity index (χ4n) is 3.67. The number of aryl methyl sites for hydroxylation is 2. The normalized spacial score (nSPS) is 17.8. The summed E-state index contributed by atoms with van der Waals surface area (Å²) >= 11 is 0. The van der Waals surface area contributed by atoms with E-state index in [9.17, 15) is 13.2 Å². The Balaban J connectivity index is 1.43. The smallest absolute Gasteiger partial charge is 0.274 e. The zero-order valence-electron chi connectivity index (χ0n) is 15.4. The third-order valence-corrected chi connectivity index (χ3v) is 7.20. The minimum Gasteiger partial charge on any atom is -0.335 e. The maximum atomic E-state index is 12.8. The van der Waals surface area contributed by atoms with Crippen LogP contribution in [-0.4, -0.2) is 59.5 Å². The first-order valence-corrected chi connectivity index (χ1v) is 10.8. The number of carbonyl (C=O) groups is 1. The lowest BCUT2D eigenvalue weighted by atomic mass is 10.1. The van der Waals surface area contributed by atoms with Crippen molar-refractivity contribution in [1.29, 1.82) is 5.26 Å². The van der Waals surface area contributed by atoms with Crippen molar-refractivity contribution in [3.05, 3.63) is 47.3 Å². The molecule has 0 N–H and O–H groups in total. The Hall–Kier alpha value is -2.70. The van der Waals surface area contributed by atoms with Crippen LogP contribution in [0.2, 0.25) is 0 Å². The highest BCUT2D eigenvalue weighted by molar-refractivity contribution is 7.89. The highest BCUT2D eigenvalue weighted by Gasteiger charge is 2.31. The number of carbonyl (C=O) groups excluding carboxylic acids is 1. The van der Waals surface area contributed by atoms with Gasteiger partial charge in [0.2, 0.25) is 10.0 Å². The van der Waals surface area contributed by atoms with E-state index in [1.54, 1.807) is 4.90 Å². The lowest BCUT2D eigenvalue weighted by molar-refractivity contribution is 0.0691. The van der Waals surface area contributed by atoms with Gasteiger partial charge in [0, 0.05) is 38.4 Å². The Morgan fingerprint density at radius 1 is 1.04 bits per heavy atom. The number of nitrogens with zero attached hydrogens (tertiary/aromatic N) is 5. The average Bonchev–Trinajstić information content (AvgIpc) is 3.17. The Morgan fingerprint density at radius 3 is 2.39 bits per heavy atom. The molecule has 1 fully saturated rings. The van der Waals surface area contributed by atoms with E-state index in [-0.39, 0.29) is 23.9 Å². The summed E-state index contributed by atoms with van der Waals surface area (Å²) in [6.07, 6.45) is 3.14. The largest absolute Gasteiger partial charge is 0.335 e. The van der Waals surface area contributed by atoms with Crippen molar-refractivity contribution in [1.82, 2.24) is 19.0 Å². The summed E-state index contributed by atoms with van der Waals surface area (Å²) in [6.45, 7) is 1.98. The quantitative estimate of drug-likeness (QED) is 0.773. The molecule has 9 heteroatoms. The van der Waals surface area contributed by atoms with Gasteiger partial charge in [0.25, 0.3) is 5.91 Å². The molecule has 28 heavy (non-hydrogen) atoms. The molecule has 0 unspecified atom stereocenters. The molecule has 3 heterocycles. The summed E-state index contributed by atoms with van der Waals surface area (Å²) in [4.78, 5) is 14.6. The maximum absolute atomic E-state index is 12.8. The molecule has 2 aliphatic heterocycles. The molecule has 1 saturated heterocycles. The van der Waals surface area contributed by atoms with E-state index in [2.05, 4.69) is 5.10 Å². The summed E-state index contributed by atoms with van der Waals surface area (Å²) in [7, 11) is -3.64. The first-order valence-electron chi connectivity index (χ1n) is 9.35. The SMILES string of the molecule is N#Cc1ccc(S(=O)(=O)N2CCN(C(=O)c3cc4n(n3)CCCC4)CC2)cc1. The van der Waals surface area contributed by atoms with Crippen LogP contribution >= 0.6 is 0 Å². The second-order valence-electron chi connectivity index (χ2n) is 7.03. The van der Waals surface area contributed by atoms with Crippen LogP contribution in [0.1, 0.15) is 34.6 Å². The van der Waals surface area contributed by atoms with Crippen molar-refractivity contribution in [2.45, 2.75) is 30.7 Å². The van der Waals surface area contributed by atoms with Gasteiger partial charge < -0.3 is 4.90 Å². The van der Waals surface area contributed by atoms with E-state index in [0.29, 0.717) is 24.3 Å². The van der Waals surface area contributed by atoms with Crippen LogP contribution in [0.25, 0.3) is 0 Å². The van der Waals surface area contributed by atoms with Gasteiger partial charge >= 0.3 is 0 Å².